The van der Waals surface area contributed by atoms with Gasteiger partial charge in [-0.25, -0.2) is 0 Å². The molecule has 1 aliphatic carbocycles. The number of fused-ring (bicyclic) bond motifs is 4. The van der Waals surface area contributed by atoms with E-state index in [2.05, 4.69) is 17.0 Å². The van der Waals surface area contributed by atoms with Crippen molar-refractivity contribution in [2.45, 2.75) is 37.8 Å². The Kier molecular flexibility index (Phi) is 2.76. The molecule has 0 fully saturated rings. The highest BCUT2D eigenvalue weighted by Gasteiger charge is 2.43. The summed E-state index contributed by atoms with van der Waals surface area (Å²) in [4.78, 5) is 26.8. The molecule has 0 saturated carbocycles. The molecular weight excluding hydrogens is 266 g/mol. The number of carbonyl (C=O) groups excluding carboxylic acids is 2. The zero-order chi connectivity index (χ0) is 14.6. The molecule has 4 rings (SSSR count). The maximum absolute atomic E-state index is 12.4. The third-order valence-corrected chi connectivity index (χ3v) is 4.91. The van der Waals surface area contributed by atoms with Crippen LogP contribution in [0.2, 0.25) is 0 Å². The minimum atomic E-state index is -0.999. The fraction of sp³-hybridized carbons (Fsp3) is 0.412. The zero-order valence-electron chi connectivity index (χ0n) is 11.7. The Morgan fingerprint density at radius 1 is 1.14 bits per heavy atom. The predicted molar refractivity (Wildman–Crippen MR) is 76.5 cm³/mol. The molecule has 2 heterocycles. The number of benzene rings is 1. The van der Waals surface area contributed by atoms with Gasteiger partial charge in [-0.1, -0.05) is 24.3 Å². The molecule has 1 aromatic carbocycles. The van der Waals surface area contributed by atoms with Gasteiger partial charge < -0.3 is 10.0 Å². The fourth-order valence-corrected chi connectivity index (χ4v) is 3.90. The van der Waals surface area contributed by atoms with E-state index in [4.69, 9.17) is 0 Å². The van der Waals surface area contributed by atoms with E-state index in [9.17, 15) is 14.7 Å². The van der Waals surface area contributed by atoms with Crippen molar-refractivity contribution < 1.29 is 14.7 Å². The molecule has 3 aliphatic rings. The topological polar surface area (TPSA) is 57.6 Å². The molecule has 0 amide bonds. The summed E-state index contributed by atoms with van der Waals surface area (Å²) in [6.45, 7) is 0.844. The zero-order valence-corrected chi connectivity index (χ0v) is 11.7. The summed E-state index contributed by atoms with van der Waals surface area (Å²) in [7, 11) is 0. The van der Waals surface area contributed by atoms with Crippen molar-refractivity contribution >= 4 is 11.6 Å². The Bertz CT molecular complexity index is 676. The van der Waals surface area contributed by atoms with Gasteiger partial charge >= 0.3 is 0 Å². The Morgan fingerprint density at radius 2 is 1.95 bits per heavy atom. The lowest BCUT2D eigenvalue weighted by Gasteiger charge is -2.45. The summed E-state index contributed by atoms with van der Waals surface area (Å²) in [5.41, 5.74) is 3.64. The molecule has 21 heavy (non-hydrogen) atoms. The second-order valence-corrected chi connectivity index (χ2v) is 6.03. The normalized spacial score (nSPS) is 28.1. The van der Waals surface area contributed by atoms with Crippen LogP contribution in [-0.2, 0) is 16.0 Å². The lowest BCUT2D eigenvalue weighted by molar-refractivity contribution is -0.129. The van der Waals surface area contributed by atoms with Crippen LogP contribution in [0.1, 0.15) is 36.4 Å². The number of nitrogens with zero attached hydrogens (tertiary/aromatic N) is 1. The van der Waals surface area contributed by atoms with Crippen molar-refractivity contribution in [3.8, 4) is 0 Å². The van der Waals surface area contributed by atoms with Crippen molar-refractivity contribution in [1.82, 2.24) is 4.90 Å². The van der Waals surface area contributed by atoms with E-state index >= 15 is 0 Å². The molecule has 0 saturated heterocycles. The molecule has 2 aliphatic heterocycles. The van der Waals surface area contributed by atoms with Crippen molar-refractivity contribution in [2.24, 2.45) is 0 Å². The second-order valence-electron chi connectivity index (χ2n) is 6.03. The maximum Gasteiger partial charge on any atom is 0.196 e. The summed E-state index contributed by atoms with van der Waals surface area (Å²) in [6.07, 6.45) is 1.33. The molecule has 2 atom stereocenters. The van der Waals surface area contributed by atoms with Gasteiger partial charge in [-0.2, -0.15) is 0 Å². The van der Waals surface area contributed by atoms with Gasteiger partial charge in [0.05, 0.1) is 11.6 Å². The number of allylic oxidation sites excluding steroid dienone is 1. The van der Waals surface area contributed by atoms with Crippen molar-refractivity contribution in [3.63, 3.8) is 0 Å². The lowest BCUT2D eigenvalue weighted by atomic mass is 9.79. The molecule has 1 N–H and O–H groups in total. The van der Waals surface area contributed by atoms with Gasteiger partial charge in [0.15, 0.2) is 11.6 Å². The van der Waals surface area contributed by atoms with Crippen molar-refractivity contribution in [3.05, 3.63) is 46.7 Å². The van der Waals surface area contributed by atoms with Gasteiger partial charge in [-0.15, -0.1) is 0 Å². The number of hydrogen-bond acceptors (Lipinski definition) is 4. The minimum Gasteiger partial charge on any atom is -0.385 e. The van der Waals surface area contributed by atoms with Crippen molar-refractivity contribution in [2.75, 3.05) is 6.54 Å². The number of aliphatic hydroxyl groups is 1. The fourth-order valence-electron chi connectivity index (χ4n) is 3.90. The predicted octanol–water partition coefficient (Wildman–Crippen LogP) is 1.54. The monoisotopic (exact) mass is 283 g/mol. The molecule has 0 aromatic heterocycles. The second kappa shape index (κ2) is 4.53. The highest BCUT2D eigenvalue weighted by molar-refractivity contribution is 6.23. The standard InChI is InChI=1S/C17H17NO3/c19-14-6-5-12-16(17(14)21)15(20)9-13-11-4-2-1-3-10(11)7-8-18(12)13/h1-4,13-14,19H,5-9H2. The summed E-state index contributed by atoms with van der Waals surface area (Å²) in [5.74, 6) is -0.481. The van der Waals surface area contributed by atoms with Gasteiger partial charge in [0.2, 0.25) is 0 Å². The van der Waals surface area contributed by atoms with Crippen LogP contribution in [0.3, 0.4) is 0 Å². The summed E-state index contributed by atoms with van der Waals surface area (Å²) >= 11 is 0. The lowest BCUT2D eigenvalue weighted by Crippen LogP contribution is -2.45. The molecule has 4 nitrogen and oxygen atoms in total. The number of aliphatic hydroxyl groups excluding tert-OH is 1. The van der Waals surface area contributed by atoms with Crippen molar-refractivity contribution in [1.29, 1.82) is 0 Å². The summed E-state index contributed by atoms with van der Waals surface area (Å²) in [5, 5.41) is 9.73. The van der Waals surface area contributed by atoms with E-state index < -0.39 is 6.10 Å². The highest BCUT2D eigenvalue weighted by Crippen LogP contribution is 2.43. The van der Waals surface area contributed by atoms with E-state index in [1.165, 1.54) is 11.1 Å². The van der Waals surface area contributed by atoms with Crippen LogP contribution in [0.5, 0.6) is 0 Å². The molecular formula is C17H17NO3. The molecule has 4 heteroatoms. The van der Waals surface area contributed by atoms with Crippen LogP contribution in [0.15, 0.2) is 35.5 Å². The number of rotatable bonds is 0. The van der Waals surface area contributed by atoms with Crippen LogP contribution in [0, 0.1) is 0 Å². The average Bonchev–Trinajstić information content (AvgIpc) is 2.50. The van der Waals surface area contributed by atoms with Gasteiger partial charge in [0.1, 0.15) is 6.10 Å². The van der Waals surface area contributed by atoms with Crippen LogP contribution in [0.4, 0.5) is 0 Å². The third-order valence-electron chi connectivity index (χ3n) is 4.91. The van der Waals surface area contributed by atoms with Gasteiger partial charge in [-0.05, 0) is 30.4 Å². The van der Waals surface area contributed by atoms with E-state index in [0.29, 0.717) is 19.3 Å². The van der Waals surface area contributed by atoms with E-state index in [1.807, 2.05) is 12.1 Å². The smallest absolute Gasteiger partial charge is 0.196 e. The van der Waals surface area contributed by atoms with Gasteiger partial charge in [-0.3, -0.25) is 9.59 Å². The van der Waals surface area contributed by atoms with Crippen LogP contribution < -0.4 is 0 Å². The molecule has 0 radical (unpaired) electrons. The Morgan fingerprint density at radius 3 is 2.81 bits per heavy atom. The Labute approximate surface area is 123 Å². The summed E-state index contributed by atoms with van der Waals surface area (Å²) in [6, 6.07) is 8.31. The quantitative estimate of drug-likeness (QED) is 0.734. The van der Waals surface area contributed by atoms with E-state index in [-0.39, 0.29) is 23.2 Å². The SMILES string of the molecule is O=C1CC2c3ccccc3CCN2C2=C1C(=O)C(O)CC2. The first-order valence-electron chi connectivity index (χ1n) is 7.50. The Hall–Kier alpha value is -1.94. The number of hydrogen-bond donors (Lipinski definition) is 1. The molecule has 1 aromatic rings. The maximum atomic E-state index is 12.4. The first kappa shape index (κ1) is 12.8. The Balaban J connectivity index is 1.82. The molecule has 2 unspecified atom stereocenters. The number of carbonyl (C=O) groups is 2. The van der Waals surface area contributed by atoms with Gasteiger partial charge in [0, 0.05) is 18.7 Å². The van der Waals surface area contributed by atoms with Crippen LogP contribution in [0.25, 0.3) is 0 Å². The van der Waals surface area contributed by atoms with Crippen LogP contribution >= 0.6 is 0 Å². The largest absolute Gasteiger partial charge is 0.385 e. The number of Topliss-reactive ketones (excluding diaryl/α,β-unsaturated/α-hetero) is 2. The van der Waals surface area contributed by atoms with Gasteiger partial charge in [0.25, 0.3) is 0 Å². The third kappa shape index (κ3) is 1.79. The summed E-state index contributed by atoms with van der Waals surface area (Å²) < 4.78 is 0. The number of ketones is 2. The molecule has 0 bridgehead atoms. The molecule has 108 valence electrons. The first-order chi connectivity index (χ1) is 10.2. The highest BCUT2D eigenvalue weighted by atomic mass is 16.3. The first-order valence-corrected chi connectivity index (χ1v) is 7.50. The van der Waals surface area contributed by atoms with Crippen LogP contribution in [-0.4, -0.2) is 34.2 Å². The average molecular weight is 283 g/mol. The molecule has 0 spiro atoms. The van der Waals surface area contributed by atoms with E-state index in [0.717, 1.165) is 18.7 Å². The van der Waals surface area contributed by atoms with E-state index in [1.54, 1.807) is 0 Å². The minimum absolute atomic E-state index is 0.0595.